The zero-order chi connectivity index (χ0) is 11.0. The smallest absolute Gasteiger partial charge is 0.508 e. The van der Waals surface area contributed by atoms with Gasteiger partial charge in [-0.2, -0.15) is 0 Å². The van der Waals surface area contributed by atoms with Gasteiger partial charge in [0.1, 0.15) is 0 Å². The first kappa shape index (κ1) is 13.6. The van der Waals surface area contributed by atoms with Gasteiger partial charge in [-0.3, -0.25) is 0 Å². The van der Waals surface area contributed by atoms with Crippen LogP contribution in [0.5, 0.6) is 0 Å². The van der Waals surface area contributed by atoms with E-state index in [1.807, 2.05) is 6.92 Å². The molecule has 0 amide bonds. The molecule has 0 saturated heterocycles. The fourth-order valence-corrected chi connectivity index (χ4v) is 2.77. The molecule has 0 aromatic carbocycles. The molecular weight excluding hydrogens is 200 g/mol. The Labute approximate surface area is 86.4 Å². The first-order valence-corrected chi connectivity index (χ1v) is 6.49. The molecular formula is C8H20N2O3Si. The average Bonchev–Trinajstić information content (AvgIpc) is 2.16. The highest BCUT2D eigenvalue weighted by atomic mass is 28.4. The van der Waals surface area contributed by atoms with Crippen LogP contribution in [-0.2, 0) is 13.3 Å². The lowest BCUT2D eigenvalue weighted by Gasteiger charge is -2.24. The van der Waals surface area contributed by atoms with E-state index in [0.29, 0.717) is 0 Å². The molecule has 0 unspecified atom stereocenters. The molecule has 0 bridgehead atoms. The van der Waals surface area contributed by atoms with Crippen LogP contribution in [0.3, 0.4) is 0 Å². The molecule has 5 nitrogen and oxygen atoms in total. The summed E-state index contributed by atoms with van der Waals surface area (Å²) in [6, 6.07) is 0.768. The maximum Gasteiger partial charge on any atom is 0.565 e. The van der Waals surface area contributed by atoms with Gasteiger partial charge < -0.3 is 24.7 Å². The highest BCUT2D eigenvalue weighted by Gasteiger charge is 2.39. The Morgan fingerprint density at radius 2 is 1.86 bits per heavy atom. The van der Waals surface area contributed by atoms with E-state index in [-0.39, 0.29) is 0 Å². The largest absolute Gasteiger partial charge is 0.565 e. The third kappa shape index (κ3) is 4.73. The molecule has 4 N–H and O–H groups in total. The number of hydrogen-bond donors (Lipinski definition) is 2. The molecule has 0 saturated carbocycles. The Hall–Kier alpha value is -0.403. The van der Waals surface area contributed by atoms with Crippen molar-refractivity contribution in [3.63, 3.8) is 0 Å². The first-order valence-electron chi connectivity index (χ1n) is 4.56. The van der Waals surface area contributed by atoms with E-state index >= 15 is 0 Å². The standard InChI is InChI=1S/C8H20N2O3Si/c1-4-7-14(11-2,12-3)13-6-5-8(9)10/h5-6,8H,4,7,9-10H2,1-3H3. The lowest BCUT2D eigenvalue weighted by molar-refractivity contribution is 0.140. The molecule has 0 radical (unpaired) electrons. The van der Waals surface area contributed by atoms with Crippen LogP contribution in [0.4, 0.5) is 0 Å². The molecule has 0 fully saturated rings. The van der Waals surface area contributed by atoms with Crippen LogP contribution < -0.4 is 11.5 Å². The number of rotatable bonds is 7. The third-order valence-corrected chi connectivity index (χ3v) is 4.58. The molecule has 0 heterocycles. The minimum Gasteiger partial charge on any atom is -0.508 e. The van der Waals surface area contributed by atoms with Crippen molar-refractivity contribution >= 4 is 8.80 Å². The molecule has 0 aliphatic rings. The topological polar surface area (TPSA) is 79.7 Å². The van der Waals surface area contributed by atoms with Gasteiger partial charge in [0.25, 0.3) is 0 Å². The van der Waals surface area contributed by atoms with Crippen molar-refractivity contribution < 1.29 is 13.3 Å². The van der Waals surface area contributed by atoms with Crippen molar-refractivity contribution in [2.75, 3.05) is 14.2 Å². The van der Waals surface area contributed by atoms with E-state index in [4.69, 9.17) is 24.7 Å². The Morgan fingerprint density at radius 1 is 1.29 bits per heavy atom. The van der Waals surface area contributed by atoms with Crippen LogP contribution >= 0.6 is 0 Å². The first-order chi connectivity index (χ1) is 6.60. The molecule has 0 aromatic rings. The summed E-state index contributed by atoms with van der Waals surface area (Å²) in [5.41, 5.74) is 10.6. The molecule has 0 aromatic heterocycles. The van der Waals surface area contributed by atoms with E-state index in [1.54, 1.807) is 20.3 Å². The van der Waals surface area contributed by atoms with Crippen molar-refractivity contribution in [1.82, 2.24) is 0 Å². The van der Waals surface area contributed by atoms with E-state index in [1.165, 1.54) is 6.26 Å². The summed E-state index contributed by atoms with van der Waals surface area (Å²) in [6.07, 6.45) is 3.43. The van der Waals surface area contributed by atoms with Gasteiger partial charge >= 0.3 is 8.80 Å². The summed E-state index contributed by atoms with van der Waals surface area (Å²) < 4.78 is 16.0. The predicted molar refractivity (Wildman–Crippen MR) is 57.3 cm³/mol. The van der Waals surface area contributed by atoms with Gasteiger partial charge in [-0.1, -0.05) is 13.3 Å². The molecule has 0 rings (SSSR count). The van der Waals surface area contributed by atoms with Gasteiger partial charge in [-0.05, 0) is 6.08 Å². The maximum absolute atomic E-state index is 5.43. The Balaban J connectivity index is 4.20. The Bertz CT molecular complexity index is 172. The average molecular weight is 220 g/mol. The van der Waals surface area contributed by atoms with Crippen LogP contribution in [0, 0.1) is 0 Å². The fraction of sp³-hybridized carbons (Fsp3) is 0.750. The van der Waals surface area contributed by atoms with Gasteiger partial charge in [0.2, 0.25) is 0 Å². The van der Waals surface area contributed by atoms with E-state index < -0.39 is 15.0 Å². The quantitative estimate of drug-likeness (QED) is 0.369. The van der Waals surface area contributed by atoms with Crippen LogP contribution in [0.25, 0.3) is 0 Å². The van der Waals surface area contributed by atoms with E-state index in [9.17, 15) is 0 Å². The van der Waals surface area contributed by atoms with Gasteiger partial charge in [-0.25, -0.2) is 0 Å². The number of nitrogens with two attached hydrogens (primary N) is 2. The van der Waals surface area contributed by atoms with Gasteiger partial charge in [0, 0.05) is 20.3 Å². The monoisotopic (exact) mass is 220 g/mol. The molecule has 0 atom stereocenters. The minimum atomic E-state index is -2.51. The Morgan fingerprint density at radius 3 is 2.21 bits per heavy atom. The minimum absolute atomic E-state index is 0.517. The predicted octanol–water partition coefficient (Wildman–Crippen LogP) is 0.402. The highest BCUT2D eigenvalue weighted by Crippen LogP contribution is 2.15. The van der Waals surface area contributed by atoms with Crippen molar-refractivity contribution in [3.05, 3.63) is 12.3 Å². The molecule has 0 spiro atoms. The summed E-state index contributed by atoms with van der Waals surface area (Å²) >= 11 is 0. The van der Waals surface area contributed by atoms with Crippen LogP contribution in [0.15, 0.2) is 12.3 Å². The van der Waals surface area contributed by atoms with Crippen molar-refractivity contribution in [3.8, 4) is 0 Å². The fourth-order valence-electron chi connectivity index (χ4n) is 0.982. The zero-order valence-corrected chi connectivity index (χ0v) is 10.0. The number of hydrogen-bond acceptors (Lipinski definition) is 5. The van der Waals surface area contributed by atoms with E-state index in [0.717, 1.165) is 12.5 Å². The van der Waals surface area contributed by atoms with Crippen LogP contribution in [0.2, 0.25) is 6.04 Å². The molecule has 0 aliphatic carbocycles. The summed E-state index contributed by atoms with van der Waals surface area (Å²) in [5, 5.41) is 0. The van der Waals surface area contributed by atoms with Crippen LogP contribution in [-0.4, -0.2) is 29.2 Å². The van der Waals surface area contributed by atoms with Crippen molar-refractivity contribution in [2.24, 2.45) is 11.5 Å². The second kappa shape index (κ2) is 6.96. The van der Waals surface area contributed by atoms with Gasteiger partial charge in [0.15, 0.2) is 0 Å². The molecule has 84 valence electrons. The lowest BCUT2D eigenvalue weighted by atomic mass is 10.5. The second-order valence-electron chi connectivity index (χ2n) is 2.86. The van der Waals surface area contributed by atoms with Gasteiger partial charge in [0.05, 0.1) is 12.4 Å². The maximum atomic E-state index is 5.43. The Kier molecular flexibility index (Phi) is 6.76. The summed E-state index contributed by atoms with van der Waals surface area (Å²) in [4.78, 5) is 0. The highest BCUT2D eigenvalue weighted by molar-refractivity contribution is 6.60. The van der Waals surface area contributed by atoms with Crippen molar-refractivity contribution in [2.45, 2.75) is 25.6 Å². The second-order valence-corrected chi connectivity index (χ2v) is 5.78. The zero-order valence-electron chi connectivity index (χ0n) is 9.03. The summed E-state index contributed by atoms with van der Waals surface area (Å²) in [7, 11) is 0.662. The SMILES string of the molecule is CCC[Si](OC)(OC)OC=CC(N)N. The molecule has 0 aliphatic heterocycles. The van der Waals surface area contributed by atoms with Crippen LogP contribution in [0.1, 0.15) is 13.3 Å². The van der Waals surface area contributed by atoms with Gasteiger partial charge in [-0.15, -0.1) is 0 Å². The summed E-state index contributed by atoms with van der Waals surface area (Å²) in [5.74, 6) is 0. The lowest BCUT2D eigenvalue weighted by Crippen LogP contribution is -2.42. The van der Waals surface area contributed by atoms with Crippen molar-refractivity contribution in [1.29, 1.82) is 0 Å². The molecule has 14 heavy (non-hydrogen) atoms. The normalized spacial score (nSPS) is 12.7. The summed E-state index contributed by atoms with van der Waals surface area (Å²) in [6.45, 7) is 2.04. The molecule has 6 heteroatoms. The third-order valence-electron chi connectivity index (χ3n) is 1.73. The van der Waals surface area contributed by atoms with E-state index in [2.05, 4.69) is 0 Å².